The third-order valence-corrected chi connectivity index (χ3v) is 4.30. The van der Waals surface area contributed by atoms with Crippen molar-refractivity contribution in [3.8, 4) is 5.75 Å². The molecular formula is C16H19Cl2NO5. The molecule has 1 aromatic rings. The van der Waals surface area contributed by atoms with Crippen molar-refractivity contribution in [1.29, 1.82) is 0 Å². The van der Waals surface area contributed by atoms with E-state index in [1.807, 2.05) is 0 Å². The van der Waals surface area contributed by atoms with Crippen LogP contribution in [0.2, 0.25) is 10.0 Å². The highest BCUT2D eigenvalue weighted by molar-refractivity contribution is 6.35. The maximum atomic E-state index is 12.7. The van der Waals surface area contributed by atoms with Crippen LogP contribution in [0, 0.1) is 0 Å². The van der Waals surface area contributed by atoms with E-state index in [0.29, 0.717) is 36.8 Å². The first-order chi connectivity index (χ1) is 11.4. The summed E-state index contributed by atoms with van der Waals surface area (Å²) in [6, 6.07) is 4.52. The molecule has 1 saturated heterocycles. The number of carbonyl (C=O) groups excluding carboxylic acids is 1. The summed E-state index contributed by atoms with van der Waals surface area (Å²) in [5, 5.41) is 9.86. The third-order valence-electron chi connectivity index (χ3n) is 3.77. The number of hydrogen-bond acceptors (Lipinski definition) is 4. The van der Waals surface area contributed by atoms with Crippen molar-refractivity contribution < 1.29 is 24.2 Å². The summed E-state index contributed by atoms with van der Waals surface area (Å²) >= 11 is 11.9. The number of amides is 1. The highest BCUT2D eigenvalue weighted by Gasteiger charge is 2.31. The SMILES string of the molecule is C[C@@H](Oc1ccc(Cl)cc1Cl)C(=O)N(CC(=O)O)C1CCOCC1. The highest BCUT2D eigenvalue weighted by atomic mass is 35.5. The Balaban J connectivity index is 2.10. The number of nitrogens with zero attached hydrogens (tertiary/aromatic N) is 1. The normalized spacial score (nSPS) is 16.5. The fourth-order valence-corrected chi connectivity index (χ4v) is 3.03. The van der Waals surface area contributed by atoms with Gasteiger partial charge in [-0.3, -0.25) is 9.59 Å². The number of hydrogen-bond donors (Lipinski definition) is 1. The minimum absolute atomic E-state index is 0.172. The molecular weight excluding hydrogens is 357 g/mol. The summed E-state index contributed by atoms with van der Waals surface area (Å²) in [6.07, 6.45) is 0.340. The molecule has 1 aliphatic rings. The number of carboxylic acids is 1. The van der Waals surface area contributed by atoms with Crippen molar-refractivity contribution in [2.24, 2.45) is 0 Å². The minimum atomic E-state index is -1.06. The second kappa shape index (κ2) is 8.55. The van der Waals surface area contributed by atoms with Gasteiger partial charge in [-0.2, -0.15) is 0 Å². The second-order valence-corrected chi connectivity index (χ2v) is 6.38. The zero-order valence-corrected chi connectivity index (χ0v) is 14.7. The van der Waals surface area contributed by atoms with E-state index in [2.05, 4.69) is 0 Å². The molecule has 0 aromatic heterocycles. The zero-order chi connectivity index (χ0) is 17.7. The van der Waals surface area contributed by atoms with Crippen molar-refractivity contribution in [3.63, 3.8) is 0 Å². The first kappa shape index (κ1) is 18.8. The molecule has 6 nitrogen and oxygen atoms in total. The summed E-state index contributed by atoms with van der Waals surface area (Å²) in [6.45, 7) is 2.21. The number of carbonyl (C=O) groups is 2. The summed E-state index contributed by atoms with van der Waals surface area (Å²) < 4.78 is 10.9. The predicted molar refractivity (Wildman–Crippen MR) is 89.7 cm³/mol. The number of aliphatic carboxylic acids is 1. The van der Waals surface area contributed by atoms with Gasteiger partial charge in [-0.1, -0.05) is 23.2 Å². The van der Waals surface area contributed by atoms with Gasteiger partial charge < -0.3 is 19.5 Å². The lowest BCUT2D eigenvalue weighted by Crippen LogP contribution is -2.50. The summed E-state index contributed by atoms with van der Waals surface area (Å²) in [7, 11) is 0. The molecule has 0 saturated carbocycles. The Morgan fingerprint density at radius 1 is 1.38 bits per heavy atom. The van der Waals surface area contributed by atoms with Gasteiger partial charge in [0.2, 0.25) is 0 Å². The van der Waals surface area contributed by atoms with Gasteiger partial charge in [-0.05, 0) is 38.0 Å². The molecule has 0 bridgehead atoms. The fraction of sp³-hybridized carbons (Fsp3) is 0.500. The van der Waals surface area contributed by atoms with Gasteiger partial charge in [0.25, 0.3) is 5.91 Å². The Morgan fingerprint density at radius 3 is 2.62 bits per heavy atom. The average molecular weight is 376 g/mol. The van der Waals surface area contributed by atoms with Gasteiger partial charge in [-0.15, -0.1) is 0 Å². The van der Waals surface area contributed by atoms with Gasteiger partial charge in [0, 0.05) is 24.3 Å². The molecule has 1 heterocycles. The van der Waals surface area contributed by atoms with Crippen LogP contribution in [0.1, 0.15) is 19.8 Å². The zero-order valence-electron chi connectivity index (χ0n) is 13.2. The van der Waals surface area contributed by atoms with Crippen LogP contribution < -0.4 is 4.74 Å². The molecule has 1 amide bonds. The quantitative estimate of drug-likeness (QED) is 0.826. The van der Waals surface area contributed by atoms with Crippen molar-refractivity contribution in [2.45, 2.75) is 31.9 Å². The maximum Gasteiger partial charge on any atom is 0.323 e. The summed E-state index contributed by atoms with van der Waals surface area (Å²) in [5.74, 6) is -1.13. The lowest BCUT2D eigenvalue weighted by Gasteiger charge is -2.34. The van der Waals surface area contributed by atoms with E-state index in [1.165, 1.54) is 11.0 Å². The van der Waals surface area contributed by atoms with Gasteiger partial charge in [0.1, 0.15) is 12.3 Å². The number of ether oxygens (including phenoxy) is 2. The molecule has 24 heavy (non-hydrogen) atoms. The van der Waals surface area contributed by atoms with Gasteiger partial charge in [0.05, 0.1) is 5.02 Å². The smallest absolute Gasteiger partial charge is 0.323 e. The molecule has 8 heteroatoms. The van der Waals surface area contributed by atoms with Crippen molar-refractivity contribution in [2.75, 3.05) is 19.8 Å². The number of benzene rings is 1. The van der Waals surface area contributed by atoms with Gasteiger partial charge in [0.15, 0.2) is 6.10 Å². The minimum Gasteiger partial charge on any atom is -0.480 e. The van der Waals surface area contributed by atoms with Crippen molar-refractivity contribution in [3.05, 3.63) is 28.2 Å². The Hall–Kier alpha value is -1.50. The molecule has 1 aromatic carbocycles. The second-order valence-electron chi connectivity index (χ2n) is 5.54. The third kappa shape index (κ3) is 5.00. The van der Waals surface area contributed by atoms with Crippen LogP contribution in [0.25, 0.3) is 0 Å². The van der Waals surface area contributed by atoms with E-state index in [-0.39, 0.29) is 17.6 Å². The molecule has 1 aliphatic heterocycles. The number of halogens is 2. The molecule has 0 unspecified atom stereocenters. The standard InChI is InChI=1S/C16H19Cl2NO5/c1-10(24-14-3-2-11(17)8-13(14)18)16(22)19(9-15(20)21)12-4-6-23-7-5-12/h2-3,8,10,12H,4-7,9H2,1H3,(H,20,21)/t10-/m1/s1. The molecule has 0 aliphatic carbocycles. The first-order valence-electron chi connectivity index (χ1n) is 7.60. The van der Waals surface area contributed by atoms with E-state index in [0.717, 1.165) is 0 Å². The average Bonchev–Trinajstić information content (AvgIpc) is 2.55. The Kier molecular flexibility index (Phi) is 6.71. The lowest BCUT2D eigenvalue weighted by molar-refractivity contribution is -0.151. The Labute approximate surface area is 150 Å². The topological polar surface area (TPSA) is 76.1 Å². The molecule has 0 spiro atoms. The highest BCUT2D eigenvalue weighted by Crippen LogP contribution is 2.28. The molecule has 0 radical (unpaired) electrons. The molecule has 2 rings (SSSR count). The Morgan fingerprint density at radius 2 is 2.04 bits per heavy atom. The maximum absolute atomic E-state index is 12.7. The summed E-state index contributed by atoms with van der Waals surface area (Å²) in [5.41, 5.74) is 0. The summed E-state index contributed by atoms with van der Waals surface area (Å²) in [4.78, 5) is 25.2. The van der Waals surface area contributed by atoms with E-state index in [4.69, 9.17) is 37.8 Å². The van der Waals surface area contributed by atoms with E-state index >= 15 is 0 Å². The fourth-order valence-electron chi connectivity index (χ4n) is 2.57. The molecule has 1 atom stereocenters. The number of rotatable bonds is 6. The predicted octanol–water partition coefficient (Wildman–Crippen LogP) is 2.85. The number of carboxylic acid groups (broad SMARTS) is 1. The van der Waals surface area contributed by atoms with E-state index in [1.54, 1.807) is 19.1 Å². The molecule has 1 fully saturated rings. The van der Waals surface area contributed by atoms with Gasteiger partial charge in [-0.25, -0.2) is 0 Å². The monoisotopic (exact) mass is 375 g/mol. The van der Waals surface area contributed by atoms with Crippen LogP contribution in [-0.4, -0.2) is 53.8 Å². The first-order valence-corrected chi connectivity index (χ1v) is 8.36. The van der Waals surface area contributed by atoms with E-state index < -0.39 is 18.0 Å². The Bertz CT molecular complexity index is 604. The van der Waals surface area contributed by atoms with Crippen LogP contribution in [0.5, 0.6) is 5.75 Å². The van der Waals surface area contributed by atoms with Crippen LogP contribution in [0.15, 0.2) is 18.2 Å². The van der Waals surface area contributed by atoms with Crippen LogP contribution in [0.4, 0.5) is 0 Å². The van der Waals surface area contributed by atoms with Crippen molar-refractivity contribution in [1.82, 2.24) is 4.90 Å². The van der Waals surface area contributed by atoms with Crippen molar-refractivity contribution >= 4 is 35.1 Å². The van der Waals surface area contributed by atoms with Crippen LogP contribution in [0.3, 0.4) is 0 Å². The molecule has 1 N–H and O–H groups in total. The van der Waals surface area contributed by atoms with E-state index in [9.17, 15) is 9.59 Å². The molecule has 132 valence electrons. The largest absolute Gasteiger partial charge is 0.480 e. The van der Waals surface area contributed by atoms with Crippen LogP contribution >= 0.6 is 23.2 Å². The van der Waals surface area contributed by atoms with Crippen LogP contribution in [-0.2, 0) is 14.3 Å². The van der Waals surface area contributed by atoms with Gasteiger partial charge >= 0.3 is 5.97 Å². The lowest BCUT2D eigenvalue weighted by atomic mass is 10.1.